The van der Waals surface area contributed by atoms with Crippen molar-refractivity contribution in [2.75, 3.05) is 6.54 Å². The molecule has 1 aromatic carbocycles. The second-order valence-electron chi connectivity index (χ2n) is 3.75. The van der Waals surface area contributed by atoms with E-state index in [9.17, 15) is 5.11 Å². The van der Waals surface area contributed by atoms with E-state index in [0.29, 0.717) is 12.3 Å². The van der Waals surface area contributed by atoms with Crippen molar-refractivity contribution < 1.29 is 9.52 Å². The number of phenolic OH excluding ortho intramolecular Hbond substituents is 1. The number of nitrogens with one attached hydrogen (secondary N) is 1. The smallest absolute Gasteiger partial charge is 0.134 e. The molecule has 0 saturated heterocycles. The quantitative estimate of drug-likeness (QED) is 0.833. The Morgan fingerprint density at radius 3 is 2.88 bits per heavy atom. The van der Waals surface area contributed by atoms with Gasteiger partial charge in [0.25, 0.3) is 0 Å². The third-order valence-corrected chi connectivity index (χ3v) is 3.15. The number of hydrogen-bond acceptors (Lipinski definition) is 3. The predicted octanol–water partition coefficient (Wildman–Crippen LogP) is 3.08. The number of benzene rings is 1. The van der Waals surface area contributed by atoms with Crippen LogP contribution in [0.2, 0.25) is 0 Å². The van der Waals surface area contributed by atoms with E-state index < -0.39 is 0 Å². The predicted molar refractivity (Wildman–Crippen MR) is 69.9 cm³/mol. The molecule has 0 spiro atoms. The third-order valence-electron chi connectivity index (χ3n) is 2.51. The Balaban J connectivity index is 1.80. The van der Waals surface area contributed by atoms with Gasteiger partial charge in [0.05, 0.1) is 10.7 Å². The molecule has 17 heavy (non-hydrogen) atoms. The van der Waals surface area contributed by atoms with E-state index in [-0.39, 0.29) is 0 Å². The van der Waals surface area contributed by atoms with E-state index in [1.165, 1.54) is 0 Å². The molecule has 4 heteroatoms. The summed E-state index contributed by atoms with van der Waals surface area (Å²) in [5.74, 6) is 1.27. The van der Waals surface area contributed by atoms with E-state index in [1.807, 2.05) is 30.3 Å². The van der Waals surface area contributed by atoms with Gasteiger partial charge in [-0.05, 0) is 34.1 Å². The van der Waals surface area contributed by atoms with Crippen molar-refractivity contribution in [3.8, 4) is 5.75 Å². The van der Waals surface area contributed by atoms with Gasteiger partial charge in [-0.15, -0.1) is 0 Å². The Kier molecular flexibility index (Phi) is 4.23. The number of hydrogen-bond donors (Lipinski definition) is 2. The summed E-state index contributed by atoms with van der Waals surface area (Å²) in [6.45, 7) is 1.46. The van der Waals surface area contributed by atoms with Crippen LogP contribution in [0.3, 0.4) is 0 Å². The molecule has 90 valence electrons. The first kappa shape index (κ1) is 12.2. The highest BCUT2D eigenvalue weighted by Gasteiger charge is 2.03. The largest absolute Gasteiger partial charge is 0.506 e. The molecule has 0 atom stereocenters. The van der Waals surface area contributed by atoms with Gasteiger partial charge < -0.3 is 14.8 Å². The van der Waals surface area contributed by atoms with E-state index in [0.717, 1.165) is 28.8 Å². The Bertz CT molecular complexity index is 468. The lowest BCUT2D eigenvalue weighted by Gasteiger charge is -2.07. The molecule has 3 nitrogen and oxygen atoms in total. The van der Waals surface area contributed by atoms with Crippen LogP contribution in [0.15, 0.2) is 45.5 Å². The second-order valence-corrected chi connectivity index (χ2v) is 4.61. The number of para-hydroxylation sites is 1. The first-order valence-corrected chi connectivity index (χ1v) is 6.26. The minimum absolute atomic E-state index is 0.304. The highest BCUT2D eigenvalue weighted by Crippen LogP contribution is 2.27. The standard InChI is InChI=1S/C13H14BrNO2/c14-12-5-1-3-10(13(12)16)9-15-7-6-11-4-2-8-17-11/h1-5,8,15-16H,6-7,9H2. The van der Waals surface area contributed by atoms with Gasteiger partial charge in [-0.1, -0.05) is 12.1 Å². The van der Waals surface area contributed by atoms with Crippen molar-refractivity contribution in [3.05, 3.63) is 52.4 Å². The summed E-state index contributed by atoms with van der Waals surface area (Å²) in [5.41, 5.74) is 0.888. The van der Waals surface area contributed by atoms with Crippen molar-refractivity contribution >= 4 is 15.9 Å². The molecule has 0 aliphatic rings. The lowest BCUT2D eigenvalue weighted by molar-refractivity contribution is 0.459. The molecule has 0 bridgehead atoms. The molecule has 0 radical (unpaired) electrons. The Labute approximate surface area is 109 Å². The zero-order valence-electron chi connectivity index (χ0n) is 9.32. The van der Waals surface area contributed by atoms with E-state index >= 15 is 0 Å². The van der Waals surface area contributed by atoms with Gasteiger partial charge in [0.15, 0.2) is 0 Å². The van der Waals surface area contributed by atoms with Crippen molar-refractivity contribution in [2.24, 2.45) is 0 Å². The summed E-state index contributed by atoms with van der Waals surface area (Å²) in [4.78, 5) is 0. The molecule has 0 unspecified atom stereocenters. The first-order valence-electron chi connectivity index (χ1n) is 5.47. The molecule has 0 aliphatic carbocycles. The zero-order valence-corrected chi connectivity index (χ0v) is 10.9. The maximum absolute atomic E-state index is 9.78. The number of furan rings is 1. The van der Waals surface area contributed by atoms with Crippen LogP contribution in [0.5, 0.6) is 5.75 Å². The van der Waals surface area contributed by atoms with Gasteiger partial charge in [-0.25, -0.2) is 0 Å². The van der Waals surface area contributed by atoms with E-state index in [1.54, 1.807) is 6.26 Å². The molecule has 1 aromatic heterocycles. The summed E-state index contributed by atoms with van der Waals surface area (Å²) < 4.78 is 5.96. The van der Waals surface area contributed by atoms with Gasteiger partial charge in [-0.2, -0.15) is 0 Å². The lowest BCUT2D eigenvalue weighted by atomic mass is 10.2. The van der Waals surface area contributed by atoms with Gasteiger partial charge >= 0.3 is 0 Å². The molecular weight excluding hydrogens is 282 g/mol. The highest BCUT2D eigenvalue weighted by atomic mass is 79.9. The molecule has 0 fully saturated rings. The fourth-order valence-corrected chi connectivity index (χ4v) is 2.00. The molecule has 2 N–H and O–H groups in total. The monoisotopic (exact) mass is 295 g/mol. The van der Waals surface area contributed by atoms with Crippen LogP contribution in [0.25, 0.3) is 0 Å². The molecular formula is C13H14BrNO2. The molecule has 2 aromatic rings. The average Bonchev–Trinajstić information content (AvgIpc) is 2.83. The van der Waals surface area contributed by atoms with E-state index in [4.69, 9.17) is 4.42 Å². The summed E-state index contributed by atoms with van der Waals surface area (Å²) in [7, 11) is 0. The second kappa shape index (κ2) is 5.89. The van der Waals surface area contributed by atoms with Crippen LogP contribution in [-0.4, -0.2) is 11.7 Å². The van der Waals surface area contributed by atoms with Crippen molar-refractivity contribution in [1.29, 1.82) is 0 Å². The molecule has 0 aliphatic heterocycles. The van der Waals surface area contributed by atoms with Gasteiger partial charge in [0.1, 0.15) is 11.5 Å². The van der Waals surface area contributed by atoms with Gasteiger partial charge in [0.2, 0.25) is 0 Å². The highest BCUT2D eigenvalue weighted by molar-refractivity contribution is 9.10. The number of phenols is 1. The summed E-state index contributed by atoms with van der Waals surface area (Å²) >= 11 is 3.29. The van der Waals surface area contributed by atoms with Crippen LogP contribution < -0.4 is 5.32 Å². The van der Waals surface area contributed by atoms with Crippen LogP contribution >= 0.6 is 15.9 Å². The molecule has 2 rings (SSSR count). The van der Waals surface area contributed by atoms with E-state index in [2.05, 4.69) is 21.2 Å². The average molecular weight is 296 g/mol. The van der Waals surface area contributed by atoms with Gasteiger partial charge in [0, 0.05) is 25.1 Å². The summed E-state index contributed by atoms with van der Waals surface area (Å²) in [5, 5.41) is 13.0. The van der Waals surface area contributed by atoms with Crippen LogP contribution in [0.1, 0.15) is 11.3 Å². The van der Waals surface area contributed by atoms with Crippen molar-refractivity contribution in [1.82, 2.24) is 5.32 Å². The lowest BCUT2D eigenvalue weighted by Crippen LogP contribution is -2.16. The van der Waals surface area contributed by atoms with Crippen LogP contribution in [0.4, 0.5) is 0 Å². The maximum Gasteiger partial charge on any atom is 0.134 e. The fourth-order valence-electron chi connectivity index (χ4n) is 1.59. The van der Waals surface area contributed by atoms with Crippen molar-refractivity contribution in [3.63, 3.8) is 0 Å². The molecule has 0 saturated carbocycles. The molecule has 1 heterocycles. The Hall–Kier alpha value is -1.26. The van der Waals surface area contributed by atoms with Crippen LogP contribution in [0, 0.1) is 0 Å². The Morgan fingerprint density at radius 2 is 2.12 bits per heavy atom. The topological polar surface area (TPSA) is 45.4 Å². The van der Waals surface area contributed by atoms with Crippen molar-refractivity contribution in [2.45, 2.75) is 13.0 Å². The van der Waals surface area contributed by atoms with Gasteiger partial charge in [-0.3, -0.25) is 0 Å². The normalized spacial score (nSPS) is 10.6. The third kappa shape index (κ3) is 3.35. The first-order chi connectivity index (χ1) is 8.27. The summed E-state index contributed by atoms with van der Waals surface area (Å²) in [6.07, 6.45) is 2.53. The maximum atomic E-state index is 9.78. The Morgan fingerprint density at radius 1 is 1.24 bits per heavy atom. The van der Waals surface area contributed by atoms with Crippen LogP contribution in [-0.2, 0) is 13.0 Å². The summed E-state index contributed by atoms with van der Waals surface area (Å²) in [6, 6.07) is 9.47. The number of rotatable bonds is 5. The minimum Gasteiger partial charge on any atom is -0.506 e. The minimum atomic E-state index is 0.304. The fraction of sp³-hybridized carbons (Fsp3) is 0.231. The number of halogens is 1. The SMILES string of the molecule is Oc1c(Br)cccc1CNCCc1ccco1. The molecule has 0 amide bonds. The number of aromatic hydroxyl groups is 1. The zero-order chi connectivity index (χ0) is 12.1.